The van der Waals surface area contributed by atoms with Crippen molar-refractivity contribution in [3.8, 4) is 0 Å². The number of hydrogen-bond donors (Lipinski definition) is 0. The fourth-order valence-electron chi connectivity index (χ4n) is 1.32. The number of hydrogen-bond acceptors (Lipinski definition) is 2. The topological polar surface area (TPSA) is 40.1 Å². The molecule has 0 N–H and O–H groups in total. The number of halogens is 2. The molecule has 0 saturated heterocycles. The van der Waals surface area contributed by atoms with Gasteiger partial charge in [0.2, 0.25) is 0 Å². The Balaban J connectivity index is 2.30. The zero-order valence-electron chi connectivity index (χ0n) is 8.69. The summed E-state index contributed by atoms with van der Waals surface area (Å²) in [6, 6.07) is 15.0. The Morgan fingerprint density at radius 3 is 2.35 bits per heavy atom. The first-order valence-electron chi connectivity index (χ1n) is 4.87. The molecule has 0 amide bonds. The second-order valence-corrected chi connectivity index (χ2v) is 7.16. The number of carbonyl (C=O) groups is 1. The molecule has 0 heterocycles. The molecule has 0 aliphatic carbocycles. The van der Waals surface area contributed by atoms with Crippen LogP contribution in [-0.2, 0) is 0 Å². The Morgan fingerprint density at radius 2 is 1.71 bits per heavy atom. The summed E-state index contributed by atoms with van der Waals surface area (Å²) in [4.78, 5) is 11.0. The van der Waals surface area contributed by atoms with Crippen molar-refractivity contribution in [2.24, 2.45) is 0 Å². The molecule has 2 aromatic rings. The minimum absolute atomic E-state index is 0.309. The van der Waals surface area contributed by atoms with E-state index in [1.165, 1.54) is 3.57 Å². The van der Waals surface area contributed by atoms with E-state index in [1.54, 1.807) is 12.1 Å². The molecule has 17 heavy (non-hydrogen) atoms. The molecule has 2 nitrogen and oxygen atoms in total. The molecule has 0 aliphatic heterocycles. The second-order valence-electron chi connectivity index (χ2n) is 3.30. The van der Waals surface area contributed by atoms with E-state index in [9.17, 15) is 9.90 Å². The average molecular weight is 403 g/mol. The predicted molar refractivity (Wildman–Crippen MR) is 62.3 cm³/mol. The summed E-state index contributed by atoms with van der Waals surface area (Å²) < 4.78 is 3.09. The summed E-state index contributed by atoms with van der Waals surface area (Å²) in [6.45, 7) is 0. The number of aromatic carboxylic acids is 1. The molecule has 2 rings (SSSR count). The Kier molecular flexibility index (Phi) is 4.17. The molecule has 0 unspecified atom stereocenters. The normalized spacial score (nSPS) is 10.4. The minimum atomic E-state index is -1.10. The van der Waals surface area contributed by atoms with Crippen LogP contribution >= 0.6 is 15.9 Å². The van der Waals surface area contributed by atoms with E-state index in [1.807, 2.05) is 36.4 Å². The summed E-state index contributed by atoms with van der Waals surface area (Å²) in [6.07, 6.45) is 0. The second kappa shape index (κ2) is 5.64. The van der Waals surface area contributed by atoms with Crippen LogP contribution in [0.4, 0.5) is 0 Å². The molecule has 4 heteroatoms. The van der Waals surface area contributed by atoms with Crippen molar-refractivity contribution in [3.63, 3.8) is 0 Å². The summed E-state index contributed by atoms with van der Waals surface area (Å²) in [5.74, 6) is -1.10. The first-order valence-corrected chi connectivity index (χ1v) is 7.82. The summed E-state index contributed by atoms with van der Waals surface area (Å²) in [7, 11) is 0. The average Bonchev–Trinajstić information content (AvgIpc) is 2.32. The van der Waals surface area contributed by atoms with E-state index < -0.39 is 27.2 Å². The van der Waals surface area contributed by atoms with Crippen molar-refractivity contribution < 1.29 is 31.1 Å². The van der Waals surface area contributed by atoms with Crippen LogP contribution in [0, 0.1) is 7.14 Å². The third-order valence-electron chi connectivity index (χ3n) is 2.11. The zero-order chi connectivity index (χ0) is 12.3. The van der Waals surface area contributed by atoms with Gasteiger partial charge in [0.05, 0.1) is 0 Å². The van der Waals surface area contributed by atoms with E-state index in [4.69, 9.17) is 0 Å². The van der Waals surface area contributed by atoms with Gasteiger partial charge in [-0.15, -0.1) is 0 Å². The van der Waals surface area contributed by atoms with Gasteiger partial charge in [-0.05, 0) is 0 Å². The van der Waals surface area contributed by atoms with E-state index in [0.29, 0.717) is 5.56 Å². The van der Waals surface area contributed by atoms with Crippen LogP contribution < -0.4 is 26.3 Å². The van der Waals surface area contributed by atoms with Crippen LogP contribution in [0.15, 0.2) is 53.0 Å². The van der Waals surface area contributed by atoms with Gasteiger partial charge in [0.25, 0.3) is 0 Å². The molecule has 0 fully saturated rings. The summed E-state index contributed by atoms with van der Waals surface area (Å²) in [5.41, 5.74) is 0.309. The fourth-order valence-corrected chi connectivity index (χ4v) is 4.05. The van der Waals surface area contributed by atoms with Crippen molar-refractivity contribution >= 4 is 21.9 Å². The number of rotatable bonds is 3. The maximum atomic E-state index is 11.0. The van der Waals surface area contributed by atoms with E-state index in [2.05, 4.69) is 15.9 Å². The maximum absolute atomic E-state index is 11.0. The van der Waals surface area contributed by atoms with Gasteiger partial charge in [0.1, 0.15) is 0 Å². The van der Waals surface area contributed by atoms with Gasteiger partial charge in [0.15, 0.2) is 0 Å². The zero-order valence-corrected chi connectivity index (χ0v) is 12.4. The Morgan fingerprint density at radius 1 is 1.06 bits per heavy atom. The molecule has 0 saturated carbocycles. The molecule has 0 bridgehead atoms. The molecule has 88 valence electrons. The van der Waals surface area contributed by atoms with Crippen molar-refractivity contribution in [2.45, 2.75) is 0 Å². The van der Waals surface area contributed by atoms with E-state index >= 15 is 0 Å². The number of carbonyl (C=O) groups excluding carboxylic acids is 1. The van der Waals surface area contributed by atoms with Gasteiger partial charge in [-0.25, -0.2) is 0 Å². The van der Waals surface area contributed by atoms with Crippen molar-refractivity contribution in [1.82, 2.24) is 0 Å². The first kappa shape index (κ1) is 12.6. The molecular formula is C13H8BrIO2-2. The standard InChI is InChI=1S/C13H9BrIO2/c14-9-5-7-10(8-6-9)15-12-4-2-1-3-11(12)13(16)17/h1-8H,(H,16,17)/q-1/p-1. The fraction of sp³-hybridized carbons (Fsp3) is 0. The summed E-state index contributed by atoms with van der Waals surface area (Å²) in [5, 5.41) is 11.0. The Hall–Kier alpha value is -0.880. The van der Waals surface area contributed by atoms with Crippen LogP contribution in [0.2, 0.25) is 0 Å². The van der Waals surface area contributed by atoms with Crippen LogP contribution in [0.1, 0.15) is 10.4 Å². The van der Waals surface area contributed by atoms with Crippen LogP contribution in [-0.4, -0.2) is 5.97 Å². The molecule has 0 spiro atoms. The van der Waals surface area contributed by atoms with Crippen LogP contribution in [0.5, 0.6) is 0 Å². The third kappa shape index (κ3) is 3.29. The predicted octanol–water partition coefficient (Wildman–Crippen LogP) is -1.06. The number of carboxylic acid groups (broad SMARTS) is 1. The number of carboxylic acids is 1. The molecule has 0 radical (unpaired) electrons. The van der Waals surface area contributed by atoms with E-state index in [-0.39, 0.29) is 0 Å². The van der Waals surface area contributed by atoms with Crippen molar-refractivity contribution in [2.75, 3.05) is 0 Å². The van der Waals surface area contributed by atoms with Crippen molar-refractivity contribution in [1.29, 1.82) is 0 Å². The van der Waals surface area contributed by atoms with Gasteiger partial charge >= 0.3 is 119 Å². The van der Waals surface area contributed by atoms with Crippen LogP contribution in [0.25, 0.3) is 0 Å². The number of benzene rings is 2. The molecule has 0 aliphatic rings. The quantitative estimate of drug-likeness (QED) is 0.614. The molecule has 0 atom stereocenters. The van der Waals surface area contributed by atoms with Gasteiger partial charge in [-0.2, -0.15) is 0 Å². The van der Waals surface area contributed by atoms with Crippen molar-refractivity contribution in [3.05, 3.63) is 65.7 Å². The summed E-state index contributed by atoms with van der Waals surface area (Å²) >= 11 is 2.90. The SMILES string of the molecule is O=C([O-])c1ccccc1[I-]c1ccc(Br)cc1. The van der Waals surface area contributed by atoms with Gasteiger partial charge in [0, 0.05) is 0 Å². The Labute approximate surface area is 118 Å². The first-order chi connectivity index (χ1) is 8.16. The molecule has 2 aromatic carbocycles. The third-order valence-corrected chi connectivity index (χ3v) is 5.50. The van der Waals surface area contributed by atoms with E-state index in [0.717, 1.165) is 8.04 Å². The Bertz CT molecular complexity index is 537. The van der Waals surface area contributed by atoms with Gasteiger partial charge < -0.3 is 0 Å². The van der Waals surface area contributed by atoms with Gasteiger partial charge in [-0.1, -0.05) is 0 Å². The molecule has 0 aromatic heterocycles. The molecular weight excluding hydrogens is 395 g/mol. The van der Waals surface area contributed by atoms with Crippen LogP contribution in [0.3, 0.4) is 0 Å². The van der Waals surface area contributed by atoms with Gasteiger partial charge in [-0.3, -0.25) is 0 Å². The monoisotopic (exact) mass is 402 g/mol.